The van der Waals surface area contributed by atoms with Crippen LogP contribution in [0.25, 0.3) is 11.0 Å². The molecule has 3 aromatic rings. The Labute approximate surface area is 133 Å². The van der Waals surface area contributed by atoms with E-state index < -0.39 is 5.91 Å². The summed E-state index contributed by atoms with van der Waals surface area (Å²) in [6, 6.07) is 17.3. The molecular formula is C17H19N4O2+. The highest BCUT2D eigenvalue weighted by molar-refractivity contribution is 5.76. The van der Waals surface area contributed by atoms with Gasteiger partial charge in [-0.2, -0.15) is 0 Å². The van der Waals surface area contributed by atoms with Crippen LogP contribution in [0.3, 0.4) is 0 Å². The highest BCUT2D eigenvalue weighted by Gasteiger charge is 2.21. The number of para-hydroxylation sites is 3. The van der Waals surface area contributed by atoms with Crippen LogP contribution in [-0.2, 0) is 17.9 Å². The molecule has 0 aliphatic heterocycles. The van der Waals surface area contributed by atoms with Gasteiger partial charge in [-0.05, 0) is 24.3 Å². The average Bonchev–Trinajstić information content (AvgIpc) is 2.81. The molecule has 0 radical (unpaired) electrons. The number of primary amides is 1. The molecule has 0 fully saturated rings. The van der Waals surface area contributed by atoms with Gasteiger partial charge in [0.2, 0.25) is 0 Å². The third-order valence-corrected chi connectivity index (χ3v) is 3.66. The number of carbonyl (C=O) groups excluding carboxylic acids is 1. The molecule has 0 saturated heterocycles. The lowest BCUT2D eigenvalue weighted by Gasteiger charge is -2.05. The molecule has 1 aromatic heterocycles. The van der Waals surface area contributed by atoms with Crippen molar-refractivity contribution in [3.05, 3.63) is 54.6 Å². The second-order valence-electron chi connectivity index (χ2n) is 5.21. The summed E-state index contributed by atoms with van der Waals surface area (Å²) in [4.78, 5) is 11.3. The van der Waals surface area contributed by atoms with Crippen LogP contribution in [0.4, 0.5) is 5.95 Å². The Morgan fingerprint density at radius 3 is 2.52 bits per heavy atom. The molecule has 1 heterocycles. The molecule has 0 saturated carbocycles. The number of benzene rings is 2. The van der Waals surface area contributed by atoms with E-state index in [2.05, 4.69) is 0 Å². The first-order chi connectivity index (χ1) is 11.2. The first-order valence-electron chi connectivity index (χ1n) is 7.39. The van der Waals surface area contributed by atoms with Crippen molar-refractivity contribution in [1.82, 2.24) is 4.57 Å². The number of hydrogen-bond donors (Lipinski definition) is 2. The van der Waals surface area contributed by atoms with Gasteiger partial charge < -0.3 is 10.5 Å². The van der Waals surface area contributed by atoms with Crippen LogP contribution in [0.2, 0.25) is 0 Å². The second-order valence-corrected chi connectivity index (χ2v) is 5.21. The number of nitrogens with zero attached hydrogens (tertiary/aromatic N) is 2. The Kier molecular flexibility index (Phi) is 4.14. The maximum absolute atomic E-state index is 11.3. The lowest BCUT2D eigenvalue weighted by Crippen LogP contribution is -2.42. The van der Waals surface area contributed by atoms with E-state index in [4.69, 9.17) is 16.2 Å². The predicted octanol–water partition coefficient (Wildman–Crippen LogP) is 1.08. The standard InChI is InChI=1S/C17H18N4O2/c18-16(22)12-21-15-9-5-4-8-14(15)20(17(21)19)10-11-23-13-6-2-1-3-7-13/h1-9,19H,10-12H2,(H2,18,22)/p+1. The zero-order chi connectivity index (χ0) is 16.2. The molecule has 0 aliphatic carbocycles. The Balaban J connectivity index is 1.85. The molecule has 4 N–H and O–H groups in total. The molecular weight excluding hydrogens is 292 g/mol. The Morgan fingerprint density at radius 2 is 1.78 bits per heavy atom. The summed E-state index contributed by atoms with van der Waals surface area (Å²) in [6.45, 7) is 1.11. The van der Waals surface area contributed by atoms with Gasteiger partial charge in [0.05, 0.1) is 0 Å². The second kappa shape index (κ2) is 6.39. The molecule has 118 valence electrons. The molecule has 6 heteroatoms. The van der Waals surface area contributed by atoms with E-state index in [-0.39, 0.29) is 6.54 Å². The minimum Gasteiger partial charge on any atom is -0.490 e. The fraction of sp³-hybridized carbons (Fsp3) is 0.176. The number of nitrogens with two attached hydrogens (primary N) is 2. The van der Waals surface area contributed by atoms with Gasteiger partial charge in [0.1, 0.15) is 29.9 Å². The summed E-state index contributed by atoms with van der Waals surface area (Å²) in [5, 5.41) is 0. The molecule has 0 aliphatic rings. The number of amides is 1. The SMILES string of the molecule is NC(=O)C[n+]1c(N)n(CCOc2ccccc2)c2ccccc21. The van der Waals surface area contributed by atoms with E-state index in [1.54, 1.807) is 4.57 Å². The van der Waals surface area contributed by atoms with Crippen molar-refractivity contribution in [2.75, 3.05) is 12.3 Å². The van der Waals surface area contributed by atoms with E-state index in [0.29, 0.717) is 19.1 Å². The van der Waals surface area contributed by atoms with Crippen molar-refractivity contribution in [3.8, 4) is 5.75 Å². The van der Waals surface area contributed by atoms with Crippen molar-refractivity contribution >= 4 is 22.9 Å². The topological polar surface area (TPSA) is 87.2 Å². The van der Waals surface area contributed by atoms with Crippen molar-refractivity contribution in [1.29, 1.82) is 0 Å². The quantitative estimate of drug-likeness (QED) is 0.668. The summed E-state index contributed by atoms with van der Waals surface area (Å²) in [5.41, 5.74) is 13.4. The minimum atomic E-state index is -0.426. The molecule has 0 bridgehead atoms. The number of anilines is 1. The fourth-order valence-corrected chi connectivity index (χ4v) is 2.64. The van der Waals surface area contributed by atoms with E-state index in [9.17, 15) is 4.79 Å². The first kappa shape index (κ1) is 14.9. The number of aromatic nitrogens is 2. The van der Waals surface area contributed by atoms with Crippen LogP contribution in [0.15, 0.2) is 54.6 Å². The van der Waals surface area contributed by atoms with Gasteiger partial charge >= 0.3 is 5.95 Å². The van der Waals surface area contributed by atoms with Gasteiger partial charge in [0.25, 0.3) is 5.91 Å². The van der Waals surface area contributed by atoms with Crippen LogP contribution in [0, 0.1) is 0 Å². The molecule has 1 amide bonds. The Morgan fingerprint density at radius 1 is 1.09 bits per heavy atom. The zero-order valence-electron chi connectivity index (χ0n) is 12.7. The van der Waals surface area contributed by atoms with Gasteiger partial charge in [-0.25, -0.2) is 9.13 Å². The largest absolute Gasteiger partial charge is 0.490 e. The van der Waals surface area contributed by atoms with E-state index in [1.165, 1.54) is 0 Å². The molecule has 23 heavy (non-hydrogen) atoms. The van der Waals surface area contributed by atoms with Crippen LogP contribution >= 0.6 is 0 Å². The molecule has 0 unspecified atom stereocenters. The highest BCUT2D eigenvalue weighted by atomic mass is 16.5. The fourth-order valence-electron chi connectivity index (χ4n) is 2.64. The van der Waals surface area contributed by atoms with Gasteiger partial charge in [-0.3, -0.25) is 10.5 Å². The van der Waals surface area contributed by atoms with E-state index in [0.717, 1.165) is 16.8 Å². The van der Waals surface area contributed by atoms with Crippen molar-refractivity contribution in [2.24, 2.45) is 5.73 Å². The molecule has 6 nitrogen and oxygen atoms in total. The summed E-state index contributed by atoms with van der Waals surface area (Å²) >= 11 is 0. The zero-order valence-corrected chi connectivity index (χ0v) is 12.7. The number of ether oxygens (including phenoxy) is 1. The van der Waals surface area contributed by atoms with Gasteiger partial charge in [0.15, 0.2) is 6.54 Å². The lowest BCUT2D eigenvalue weighted by atomic mass is 10.3. The third kappa shape index (κ3) is 3.11. The predicted molar refractivity (Wildman–Crippen MR) is 87.7 cm³/mol. The normalized spacial score (nSPS) is 10.8. The molecule has 2 aromatic carbocycles. The van der Waals surface area contributed by atoms with Gasteiger partial charge in [0, 0.05) is 0 Å². The van der Waals surface area contributed by atoms with Crippen molar-refractivity contribution in [2.45, 2.75) is 13.1 Å². The van der Waals surface area contributed by atoms with Crippen molar-refractivity contribution in [3.63, 3.8) is 0 Å². The van der Waals surface area contributed by atoms with E-state index in [1.807, 2.05) is 59.2 Å². The smallest absolute Gasteiger partial charge is 0.356 e. The van der Waals surface area contributed by atoms with Gasteiger partial charge in [-0.15, -0.1) is 0 Å². The van der Waals surface area contributed by atoms with Crippen LogP contribution < -0.4 is 20.8 Å². The highest BCUT2D eigenvalue weighted by Crippen LogP contribution is 2.16. The number of fused-ring (bicyclic) bond motifs is 1. The third-order valence-electron chi connectivity index (χ3n) is 3.66. The number of carbonyl (C=O) groups is 1. The average molecular weight is 311 g/mol. The van der Waals surface area contributed by atoms with Crippen LogP contribution in [0.5, 0.6) is 5.75 Å². The van der Waals surface area contributed by atoms with Crippen LogP contribution in [-0.4, -0.2) is 17.1 Å². The molecule has 3 rings (SSSR count). The molecule has 0 spiro atoms. The monoisotopic (exact) mass is 311 g/mol. The maximum Gasteiger partial charge on any atom is 0.356 e. The summed E-state index contributed by atoms with van der Waals surface area (Å²) in [6.07, 6.45) is 0. The minimum absolute atomic E-state index is 0.0545. The van der Waals surface area contributed by atoms with Crippen LogP contribution in [0.1, 0.15) is 0 Å². The maximum atomic E-state index is 11.3. The number of hydrogen-bond acceptors (Lipinski definition) is 3. The number of rotatable bonds is 6. The first-order valence-corrected chi connectivity index (χ1v) is 7.39. The van der Waals surface area contributed by atoms with E-state index >= 15 is 0 Å². The lowest BCUT2D eigenvalue weighted by molar-refractivity contribution is -0.644. The van der Waals surface area contributed by atoms with Crippen molar-refractivity contribution < 1.29 is 14.1 Å². The molecule has 0 atom stereocenters. The number of imidazole rings is 1. The number of nitrogen functional groups attached to an aromatic ring is 1. The van der Waals surface area contributed by atoms with Gasteiger partial charge in [-0.1, -0.05) is 30.3 Å². The Bertz CT molecular complexity index is 827. The summed E-state index contributed by atoms with van der Waals surface area (Å²) < 4.78 is 9.38. The summed E-state index contributed by atoms with van der Waals surface area (Å²) in [7, 11) is 0. The Hall–Kier alpha value is -3.02. The summed E-state index contributed by atoms with van der Waals surface area (Å²) in [5.74, 6) is 0.874.